The molecule has 5 atom stereocenters. The summed E-state index contributed by atoms with van der Waals surface area (Å²) < 4.78 is 11.2. The molecular formula is C22H27N5O7S. The minimum Gasteiger partial charge on any atom is -0.496 e. The lowest BCUT2D eigenvalue weighted by Crippen LogP contribution is -2.57. The summed E-state index contributed by atoms with van der Waals surface area (Å²) in [4.78, 5) is 28.7. The summed E-state index contributed by atoms with van der Waals surface area (Å²) in [6, 6.07) is 3.52. The fourth-order valence-corrected chi connectivity index (χ4v) is 4.99. The van der Waals surface area contributed by atoms with Gasteiger partial charge in [0.1, 0.15) is 35.6 Å². The average molecular weight is 506 g/mol. The number of hydrogen-bond donors (Lipinski definition) is 6. The second kappa shape index (κ2) is 10.0. The first-order chi connectivity index (χ1) is 16.6. The van der Waals surface area contributed by atoms with E-state index in [1.54, 1.807) is 32.9 Å². The molecule has 0 spiro atoms. The molecule has 0 radical (unpaired) electrons. The fourth-order valence-electron chi connectivity index (χ4n) is 3.73. The van der Waals surface area contributed by atoms with Crippen molar-refractivity contribution in [3.05, 3.63) is 39.4 Å². The van der Waals surface area contributed by atoms with Gasteiger partial charge in [-0.2, -0.15) is 0 Å². The molecule has 1 aliphatic heterocycles. The van der Waals surface area contributed by atoms with Crippen molar-refractivity contribution in [1.29, 1.82) is 0 Å². The molecule has 1 aromatic carbocycles. The van der Waals surface area contributed by atoms with Gasteiger partial charge in [0.05, 0.1) is 29.8 Å². The number of thioether (sulfide) groups is 1. The third-order valence-electron chi connectivity index (χ3n) is 5.90. The Morgan fingerprint density at radius 3 is 2.49 bits per heavy atom. The lowest BCUT2D eigenvalue weighted by molar-refractivity contribution is -0.205. The minimum atomic E-state index is -1.51. The van der Waals surface area contributed by atoms with Crippen molar-refractivity contribution < 1.29 is 29.9 Å². The van der Waals surface area contributed by atoms with E-state index in [9.17, 15) is 25.2 Å². The topological polar surface area (TPSA) is 183 Å². The number of aliphatic hydroxyl groups excluding tert-OH is 4. The number of aromatic amines is 1. The molecule has 188 valence electrons. The number of anilines is 2. The Morgan fingerprint density at radius 1 is 1.09 bits per heavy atom. The zero-order chi connectivity index (χ0) is 25.4. The van der Waals surface area contributed by atoms with Crippen molar-refractivity contribution in [1.82, 2.24) is 19.9 Å². The predicted molar refractivity (Wildman–Crippen MR) is 128 cm³/mol. The number of H-pyrrole nitrogens is 1. The van der Waals surface area contributed by atoms with Crippen molar-refractivity contribution in [2.24, 2.45) is 0 Å². The summed E-state index contributed by atoms with van der Waals surface area (Å²) in [5, 5.41) is 44.0. The fraction of sp³-hybridized carbons (Fsp3) is 0.455. The Labute approximate surface area is 204 Å². The summed E-state index contributed by atoms with van der Waals surface area (Å²) in [6.07, 6.45) is -5.47. The van der Waals surface area contributed by atoms with E-state index < -0.39 is 36.5 Å². The lowest BCUT2D eigenvalue weighted by Gasteiger charge is -2.39. The van der Waals surface area contributed by atoms with E-state index in [0.29, 0.717) is 38.5 Å². The van der Waals surface area contributed by atoms with Crippen LogP contribution in [0.1, 0.15) is 17.0 Å². The van der Waals surface area contributed by atoms with Crippen LogP contribution < -0.4 is 15.6 Å². The van der Waals surface area contributed by atoms with Gasteiger partial charge in [0.25, 0.3) is 5.56 Å². The number of aromatic nitrogens is 4. The number of fused-ring (bicyclic) bond motifs is 1. The second-order valence-electron chi connectivity index (χ2n) is 8.19. The van der Waals surface area contributed by atoms with Gasteiger partial charge >= 0.3 is 0 Å². The van der Waals surface area contributed by atoms with E-state index in [-0.39, 0.29) is 17.5 Å². The van der Waals surface area contributed by atoms with Crippen LogP contribution in [0.3, 0.4) is 0 Å². The number of benzene rings is 1. The number of aryl methyl sites for hydroxylation is 2. The van der Waals surface area contributed by atoms with Gasteiger partial charge in [0.2, 0.25) is 11.9 Å². The molecule has 6 N–H and O–H groups in total. The first kappa shape index (κ1) is 25.3. The molecule has 0 amide bonds. The Balaban J connectivity index is 1.77. The maximum Gasteiger partial charge on any atom is 0.255 e. The van der Waals surface area contributed by atoms with Gasteiger partial charge in [-0.05, 0) is 32.9 Å². The van der Waals surface area contributed by atoms with Crippen LogP contribution in [0.25, 0.3) is 10.9 Å². The first-order valence-electron chi connectivity index (χ1n) is 10.8. The molecule has 0 bridgehead atoms. The van der Waals surface area contributed by atoms with Crippen LogP contribution in [0, 0.1) is 20.8 Å². The number of nitrogens with zero attached hydrogens (tertiary/aromatic N) is 3. The molecule has 5 unspecified atom stereocenters. The molecule has 4 rings (SSSR count). The Morgan fingerprint density at radius 2 is 1.83 bits per heavy atom. The molecule has 3 aromatic rings. The third-order valence-corrected chi connectivity index (χ3v) is 7.16. The molecule has 1 saturated heterocycles. The molecule has 0 aliphatic carbocycles. The van der Waals surface area contributed by atoms with E-state index in [0.717, 1.165) is 11.8 Å². The molecule has 1 fully saturated rings. The molecule has 1 aliphatic rings. The summed E-state index contributed by atoms with van der Waals surface area (Å²) in [5.41, 5.74) is 0.852. The van der Waals surface area contributed by atoms with E-state index in [4.69, 9.17) is 9.47 Å². The monoisotopic (exact) mass is 505 g/mol. The van der Waals surface area contributed by atoms with E-state index >= 15 is 0 Å². The number of methoxy groups -OCH3 is 1. The van der Waals surface area contributed by atoms with Crippen molar-refractivity contribution in [2.45, 2.75) is 55.5 Å². The molecule has 0 saturated carbocycles. The summed E-state index contributed by atoms with van der Waals surface area (Å²) in [6.45, 7) is 4.66. The SMILES string of the molecule is COc1ccc2c(C)nc(Nc3nc(C)c(C)c(=O)[nH]3)nc2c1SC1OC(CO)C(O)C(O)C1O. The highest BCUT2D eigenvalue weighted by Gasteiger charge is 2.44. The molecule has 35 heavy (non-hydrogen) atoms. The maximum atomic E-state index is 12.1. The van der Waals surface area contributed by atoms with Crippen LogP contribution in [0.15, 0.2) is 21.8 Å². The third kappa shape index (κ3) is 4.83. The zero-order valence-corrected chi connectivity index (χ0v) is 20.3. The molecular weight excluding hydrogens is 478 g/mol. The van der Waals surface area contributed by atoms with E-state index in [2.05, 4.69) is 25.3 Å². The Kier molecular flexibility index (Phi) is 7.26. The minimum absolute atomic E-state index is 0.172. The molecule has 13 heteroatoms. The van der Waals surface area contributed by atoms with Crippen LogP contribution in [0.4, 0.5) is 11.9 Å². The quantitative estimate of drug-likeness (QED) is 0.269. The number of hydrogen-bond acceptors (Lipinski definition) is 12. The average Bonchev–Trinajstić information content (AvgIpc) is 2.83. The van der Waals surface area contributed by atoms with Gasteiger partial charge < -0.3 is 29.9 Å². The van der Waals surface area contributed by atoms with Gasteiger partial charge in [-0.15, -0.1) is 0 Å². The van der Waals surface area contributed by atoms with Gasteiger partial charge in [-0.3, -0.25) is 15.1 Å². The van der Waals surface area contributed by atoms with E-state index in [1.807, 2.05) is 0 Å². The van der Waals surface area contributed by atoms with Gasteiger partial charge in [0.15, 0.2) is 0 Å². The van der Waals surface area contributed by atoms with Crippen LogP contribution >= 0.6 is 11.8 Å². The second-order valence-corrected chi connectivity index (χ2v) is 9.30. The predicted octanol–water partition coefficient (Wildman–Crippen LogP) is 0.283. The van der Waals surface area contributed by atoms with Gasteiger partial charge in [-0.1, -0.05) is 11.8 Å². The van der Waals surface area contributed by atoms with Gasteiger partial charge in [-0.25, -0.2) is 15.0 Å². The number of rotatable bonds is 6. The number of aliphatic hydroxyl groups is 4. The zero-order valence-electron chi connectivity index (χ0n) is 19.5. The highest BCUT2D eigenvalue weighted by Crippen LogP contribution is 2.42. The van der Waals surface area contributed by atoms with Crippen molar-refractivity contribution >= 4 is 34.6 Å². The number of ether oxygens (including phenoxy) is 2. The molecule has 12 nitrogen and oxygen atoms in total. The lowest BCUT2D eigenvalue weighted by atomic mass is 10.0. The highest BCUT2D eigenvalue weighted by molar-refractivity contribution is 8.00. The van der Waals surface area contributed by atoms with Crippen LogP contribution in [0.2, 0.25) is 0 Å². The first-order valence-corrected chi connectivity index (χ1v) is 11.7. The smallest absolute Gasteiger partial charge is 0.255 e. The van der Waals surface area contributed by atoms with Crippen molar-refractivity contribution in [3.63, 3.8) is 0 Å². The highest BCUT2D eigenvalue weighted by atomic mass is 32.2. The van der Waals surface area contributed by atoms with Crippen molar-refractivity contribution in [3.8, 4) is 5.75 Å². The van der Waals surface area contributed by atoms with Gasteiger partial charge in [0, 0.05) is 16.6 Å². The Hall–Kier alpha value is -2.81. The van der Waals surface area contributed by atoms with Crippen LogP contribution in [0.5, 0.6) is 5.75 Å². The summed E-state index contributed by atoms with van der Waals surface area (Å²) in [5.74, 6) is 0.786. The maximum absolute atomic E-state index is 12.1. The summed E-state index contributed by atoms with van der Waals surface area (Å²) >= 11 is 1.04. The van der Waals surface area contributed by atoms with Crippen molar-refractivity contribution in [2.75, 3.05) is 19.0 Å². The Bertz CT molecular complexity index is 1300. The molecule has 2 aromatic heterocycles. The standard InChI is InChI=1S/C22H27N5O7S/c1-8-9(2)23-22(26-19(8)32)27-21-24-10(3)11-5-6-12(33-4)18(14(11)25-21)35-20-17(31)16(30)15(29)13(7-28)34-20/h5-6,13,15-17,20,28-31H,7H2,1-4H3,(H2,23,24,25,26,27,32). The summed E-state index contributed by atoms with van der Waals surface area (Å²) in [7, 11) is 1.48. The normalized spacial score (nSPS) is 24.5. The largest absolute Gasteiger partial charge is 0.496 e. The van der Waals surface area contributed by atoms with Crippen LogP contribution in [-0.4, -0.2) is 83.9 Å². The number of nitrogens with one attached hydrogen (secondary N) is 2. The van der Waals surface area contributed by atoms with Crippen LogP contribution in [-0.2, 0) is 4.74 Å². The van der Waals surface area contributed by atoms with E-state index in [1.165, 1.54) is 7.11 Å². The molecule has 3 heterocycles.